The number of aliphatic hydroxyl groups excluding tert-OH is 1. The second-order valence-electron chi connectivity index (χ2n) is 7.71. The van der Waals surface area contributed by atoms with Gasteiger partial charge in [-0.3, -0.25) is 14.3 Å². The Hall–Kier alpha value is -2.88. The molecule has 1 aromatic carbocycles. The van der Waals surface area contributed by atoms with Crippen molar-refractivity contribution in [3.8, 4) is 0 Å². The Kier molecular flexibility index (Phi) is 6.68. The van der Waals surface area contributed by atoms with E-state index in [0.717, 1.165) is 12.1 Å². The molecule has 0 unspecified atom stereocenters. The number of nitrogens with zero attached hydrogens (tertiary/aromatic N) is 2. The number of alkyl halides is 3. The summed E-state index contributed by atoms with van der Waals surface area (Å²) in [5.41, 5.74) is -0.0931. The van der Waals surface area contributed by atoms with Gasteiger partial charge in [0.25, 0.3) is 11.8 Å². The molecule has 0 spiro atoms. The minimum Gasteiger partial charge on any atom is -0.393 e. The first-order chi connectivity index (χ1) is 14.6. The van der Waals surface area contributed by atoms with Gasteiger partial charge in [-0.05, 0) is 50.3 Å². The third kappa shape index (κ3) is 5.25. The molecule has 1 atom stereocenters. The summed E-state index contributed by atoms with van der Waals surface area (Å²) in [6.45, 7) is 1.69. The molecule has 3 rings (SSSR count). The topological polar surface area (TPSA) is 96.3 Å². The summed E-state index contributed by atoms with van der Waals surface area (Å²) in [5, 5.41) is 19.2. The molecule has 0 radical (unpaired) electrons. The number of aromatic nitrogens is 2. The Morgan fingerprint density at radius 1 is 1.13 bits per heavy atom. The first-order valence-electron chi connectivity index (χ1n) is 10.1. The van der Waals surface area contributed by atoms with Crippen LogP contribution in [0.5, 0.6) is 0 Å². The van der Waals surface area contributed by atoms with Gasteiger partial charge < -0.3 is 15.7 Å². The molecule has 2 amide bonds. The maximum absolute atomic E-state index is 12.9. The Bertz CT molecular complexity index is 932. The maximum atomic E-state index is 12.9. The summed E-state index contributed by atoms with van der Waals surface area (Å²) in [5.74, 6) is -0.906. The Morgan fingerprint density at radius 2 is 1.74 bits per heavy atom. The lowest BCUT2D eigenvalue weighted by molar-refractivity contribution is -0.137. The lowest BCUT2D eigenvalue weighted by atomic mass is 9.93. The van der Waals surface area contributed by atoms with E-state index in [4.69, 9.17) is 0 Å². The molecule has 31 heavy (non-hydrogen) atoms. The zero-order valence-corrected chi connectivity index (χ0v) is 17.2. The van der Waals surface area contributed by atoms with Crippen LogP contribution < -0.4 is 10.6 Å². The summed E-state index contributed by atoms with van der Waals surface area (Å²) < 4.78 is 39.9. The summed E-state index contributed by atoms with van der Waals surface area (Å²) in [4.78, 5) is 25.0. The van der Waals surface area contributed by atoms with Crippen LogP contribution in [0.25, 0.3) is 0 Å². The van der Waals surface area contributed by atoms with Gasteiger partial charge >= 0.3 is 6.18 Å². The maximum Gasteiger partial charge on any atom is 0.416 e. The van der Waals surface area contributed by atoms with Crippen molar-refractivity contribution < 1.29 is 27.9 Å². The largest absolute Gasteiger partial charge is 0.416 e. The van der Waals surface area contributed by atoms with Gasteiger partial charge in [0, 0.05) is 19.2 Å². The van der Waals surface area contributed by atoms with Crippen LogP contribution in [0.15, 0.2) is 30.3 Å². The number of benzene rings is 1. The van der Waals surface area contributed by atoms with E-state index in [1.165, 1.54) is 29.9 Å². The van der Waals surface area contributed by atoms with Crippen molar-refractivity contribution in [2.75, 3.05) is 7.05 Å². The summed E-state index contributed by atoms with van der Waals surface area (Å²) in [7, 11) is 1.44. The van der Waals surface area contributed by atoms with Gasteiger partial charge in [0.15, 0.2) is 5.69 Å². The van der Waals surface area contributed by atoms with Crippen molar-refractivity contribution >= 4 is 11.8 Å². The van der Waals surface area contributed by atoms with Gasteiger partial charge in [0.2, 0.25) is 0 Å². The van der Waals surface area contributed by atoms with Gasteiger partial charge in [0.05, 0.1) is 17.7 Å². The number of hydrogen-bond acceptors (Lipinski definition) is 4. The lowest BCUT2D eigenvalue weighted by Gasteiger charge is -2.26. The first kappa shape index (κ1) is 22.8. The molecule has 2 aromatic rings. The Labute approximate surface area is 177 Å². The van der Waals surface area contributed by atoms with E-state index in [1.54, 1.807) is 6.92 Å². The smallest absolute Gasteiger partial charge is 0.393 e. The molecule has 0 saturated heterocycles. The SMILES string of the molecule is CNC(=O)c1cc(C(=O)N[C@H]2CC[C@H](O)CC2)n([C@@H](C)c2ccc(C(F)(F)F)cc2)n1. The van der Waals surface area contributed by atoms with Gasteiger partial charge in [0.1, 0.15) is 5.69 Å². The van der Waals surface area contributed by atoms with Crippen molar-refractivity contribution in [3.63, 3.8) is 0 Å². The molecule has 1 heterocycles. The Morgan fingerprint density at radius 3 is 2.29 bits per heavy atom. The summed E-state index contributed by atoms with van der Waals surface area (Å²) in [6.07, 6.45) is -2.35. The Balaban J connectivity index is 1.88. The molecule has 1 aliphatic rings. The predicted octanol–water partition coefficient (Wildman–Crippen LogP) is 2.90. The third-order valence-corrected chi connectivity index (χ3v) is 5.55. The molecular formula is C21H25F3N4O3. The number of amides is 2. The van der Waals surface area contributed by atoms with Gasteiger partial charge in [-0.1, -0.05) is 12.1 Å². The molecule has 1 fully saturated rings. The van der Waals surface area contributed by atoms with E-state index < -0.39 is 29.6 Å². The first-order valence-corrected chi connectivity index (χ1v) is 10.1. The van der Waals surface area contributed by atoms with Gasteiger partial charge in [-0.2, -0.15) is 18.3 Å². The number of nitrogens with one attached hydrogen (secondary N) is 2. The number of halogens is 3. The molecule has 3 N–H and O–H groups in total. The summed E-state index contributed by atoms with van der Waals surface area (Å²) >= 11 is 0. The van der Waals surface area contributed by atoms with Gasteiger partial charge in [-0.25, -0.2) is 0 Å². The average molecular weight is 438 g/mol. The number of aliphatic hydroxyl groups is 1. The highest BCUT2D eigenvalue weighted by atomic mass is 19.4. The monoisotopic (exact) mass is 438 g/mol. The molecule has 168 valence electrons. The van der Waals surface area contributed by atoms with E-state index in [9.17, 15) is 27.9 Å². The predicted molar refractivity (Wildman–Crippen MR) is 107 cm³/mol. The normalized spacial score (nSPS) is 20.2. The highest BCUT2D eigenvalue weighted by Gasteiger charge is 2.31. The molecule has 1 aliphatic carbocycles. The third-order valence-electron chi connectivity index (χ3n) is 5.55. The van der Waals surface area contributed by atoms with Crippen molar-refractivity contribution in [1.82, 2.24) is 20.4 Å². The van der Waals surface area contributed by atoms with E-state index in [2.05, 4.69) is 15.7 Å². The van der Waals surface area contributed by atoms with E-state index in [1.807, 2.05) is 0 Å². The van der Waals surface area contributed by atoms with Crippen LogP contribution in [0.4, 0.5) is 13.2 Å². The van der Waals surface area contributed by atoms with Crippen LogP contribution in [-0.4, -0.2) is 45.9 Å². The molecule has 10 heteroatoms. The molecule has 0 aliphatic heterocycles. The average Bonchev–Trinajstić information content (AvgIpc) is 3.19. The van der Waals surface area contributed by atoms with Crippen LogP contribution in [-0.2, 0) is 6.18 Å². The van der Waals surface area contributed by atoms with E-state index >= 15 is 0 Å². The zero-order chi connectivity index (χ0) is 22.8. The molecule has 0 bridgehead atoms. The molecule has 1 aromatic heterocycles. The molecular weight excluding hydrogens is 413 g/mol. The highest BCUT2D eigenvalue weighted by Crippen LogP contribution is 2.30. The minimum absolute atomic E-state index is 0.0329. The zero-order valence-electron chi connectivity index (χ0n) is 17.2. The number of hydrogen-bond donors (Lipinski definition) is 3. The lowest BCUT2D eigenvalue weighted by Crippen LogP contribution is -2.39. The fourth-order valence-electron chi connectivity index (χ4n) is 3.67. The van der Waals surface area contributed by atoms with Crippen LogP contribution in [0, 0.1) is 0 Å². The van der Waals surface area contributed by atoms with Crippen molar-refractivity contribution in [1.29, 1.82) is 0 Å². The van der Waals surface area contributed by atoms with Crippen molar-refractivity contribution in [3.05, 3.63) is 52.8 Å². The summed E-state index contributed by atoms with van der Waals surface area (Å²) in [6, 6.07) is 5.28. The second kappa shape index (κ2) is 9.09. The van der Waals surface area contributed by atoms with E-state index in [-0.39, 0.29) is 23.5 Å². The fourth-order valence-corrected chi connectivity index (χ4v) is 3.67. The number of carbonyl (C=O) groups excluding carboxylic acids is 2. The van der Waals surface area contributed by atoms with Crippen molar-refractivity contribution in [2.24, 2.45) is 0 Å². The van der Waals surface area contributed by atoms with Crippen LogP contribution in [0.1, 0.15) is 70.8 Å². The van der Waals surface area contributed by atoms with Crippen LogP contribution in [0.3, 0.4) is 0 Å². The molecule has 1 saturated carbocycles. The standard InChI is InChI=1S/C21H25F3N4O3/c1-12(13-3-5-14(6-4-13)21(22,23)24)28-18(11-17(27-28)19(30)25-2)20(31)26-15-7-9-16(29)10-8-15/h3-6,11-12,15-16,29H,7-10H2,1-2H3,(H,25,30)(H,26,31)/t12-,15-,16-/m0/s1. The number of carbonyl (C=O) groups is 2. The minimum atomic E-state index is -4.45. The molecule has 7 nitrogen and oxygen atoms in total. The second-order valence-corrected chi connectivity index (χ2v) is 7.71. The van der Waals surface area contributed by atoms with Crippen molar-refractivity contribution in [2.45, 2.75) is 57.0 Å². The van der Waals surface area contributed by atoms with Crippen LogP contribution >= 0.6 is 0 Å². The van der Waals surface area contributed by atoms with Crippen LogP contribution in [0.2, 0.25) is 0 Å². The van der Waals surface area contributed by atoms with Gasteiger partial charge in [-0.15, -0.1) is 0 Å². The van der Waals surface area contributed by atoms with E-state index in [0.29, 0.717) is 31.2 Å². The fraction of sp³-hybridized carbons (Fsp3) is 0.476. The highest BCUT2D eigenvalue weighted by molar-refractivity contribution is 5.98. The number of rotatable bonds is 5. The quantitative estimate of drug-likeness (QED) is 0.669.